The summed E-state index contributed by atoms with van der Waals surface area (Å²) in [5.41, 5.74) is 0.549. The first-order chi connectivity index (χ1) is 21.8. The smallest absolute Gasteiger partial charge is 0.471 e. The van der Waals surface area contributed by atoms with Crippen LogP contribution in [0.15, 0.2) is 53.7 Å². The molecule has 3 atom stereocenters. The Kier molecular flexibility index (Phi) is 11.9. The van der Waals surface area contributed by atoms with Crippen LogP contribution < -0.4 is 20.1 Å². The van der Waals surface area contributed by atoms with Crippen LogP contribution in [0.5, 0.6) is 11.5 Å². The van der Waals surface area contributed by atoms with E-state index in [0.29, 0.717) is 11.3 Å². The first-order valence-corrected chi connectivity index (χ1v) is 13.5. The van der Waals surface area contributed by atoms with Crippen molar-refractivity contribution in [2.24, 2.45) is 5.16 Å². The van der Waals surface area contributed by atoms with Crippen LogP contribution in [-0.2, 0) is 38.3 Å². The maximum atomic E-state index is 13.1. The number of hydrogen-bond acceptors (Lipinski definition) is 11. The number of likely N-dealkylation sites (tertiary alicyclic amines) is 1. The molecule has 0 spiro atoms. The van der Waals surface area contributed by atoms with Crippen molar-refractivity contribution in [3.05, 3.63) is 59.7 Å². The molecule has 248 valence electrons. The number of nitrogens with zero attached hydrogens (tertiary/aromatic N) is 2. The van der Waals surface area contributed by atoms with Gasteiger partial charge >= 0.3 is 24.0 Å². The molecule has 1 saturated heterocycles. The van der Waals surface area contributed by atoms with Gasteiger partial charge in [0.05, 0.1) is 34.5 Å². The molecular formula is C29H31F3N4O10. The second kappa shape index (κ2) is 15.6. The second-order valence-electron chi connectivity index (χ2n) is 9.55. The van der Waals surface area contributed by atoms with E-state index in [9.17, 15) is 37.1 Å². The number of oxime groups is 1. The van der Waals surface area contributed by atoms with Crippen LogP contribution in [0.3, 0.4) is 0 Å². The zero-order chi connectivity index (χ0) is 34.0. The van der Waals surface area contributed by atoms with E-state index in [4.69, 9.17) is 19.0 Å². The highest BCUT2D eigenvalue weighted by molar-refractivity contribution is 6.45. The van der Waals surface area contributed by atoms with Gasteiger partial charge in [0.15, 0.2) is 11.8 Å². The van der Waals surface area contributed by atoms with Gasteiger partial charge < -0.3 is 39.3 Å². The standard InChI is InChI=1S/C29H31F3N4O10/c1-42-18-9-7-17(8-10-18)23(27(40)44-3)36-15-21(25(36)38)33-24(37)22(35-45-4)16-5-11-19(12-6-16)46-14-13-20(26(39)43-2)34-28(41)29(30,31)32/h5-12,20-21,23H,13-15H2,1-4H3,(H,33,37)(H,34,41)/b35-22-. The molecule has 14 nitrogen and oxygen atoms in total. The van der Waals surface area contributed by atoms with E-state index in [1.54, 1.807) is 29.6 Å². The molecule has 2 N–H and O–H groups in total. The number of carbonyl (C=O) groups is 5. The predicted molar refractivity (Wildman–Crippen MR) is 151 cm³/mol. The number of methoxy groups -OCH3 is 3. The van der Waals surface area contributed by atoms with Crippen molar-refractivity contribution < 1.29 is 60.9 Å². The third-order valence-corrected chi connectivity index (χ3v) is 6.68. The number of benzene rings is 2. The predicted octanol–water partition coefficient (Wildman–Crippen LogP) is 1.28. The van der Waals surface area contributed by atoms with Gasteiger partial charge in [-0.1, -0.05) is 17.3 Å². The average molecular weight is 653 g/mol. The Balaban J connectivity index is 1.62. The van der Waals surface area contributed by atoms with Gasteiger partial charge in [-0.15, -0.1) is 0 Å². The number of nitrogens with one attached hydrogen (secondary N) is 2. The minimum Gasteiger partial charge on any atom is -0.497 e. The largest absolute Gasteiger partial charge is 0.497 e. The number of carbonyl (C=O) groups excluding carboxylic acids is 5. The van der Waals surface area contributed by atoms with E-state index < -0.39 is 54.0 Å². The lowest BCUT2D eigenvalue weighted by atomic mass is 9.97. The second-order valence-corrected chi connectivity index (χ2v) is 9.55. The summed E-state index contributed by atoms with van der Waals surface area (Å²) in [6.07, 6.45) is -5.53. The van der Waals surface area contributed by atoms with Gasteiger partial charge in [-0.25, -0.2) is 9.59 Å². The third-order valence-electron chi connectivity index (χ3n) is 6.68. The SMILES string of the molecule is CO/N=C(\C(=O)NC1CN(C(C(=O)OC)c2ccc(OC)cc2)C1=O)c1ccc(OCCC(NC(=O)C(F)(F)F)C(=O)OC)cc1. The van der Waals surface area contributed by atoms with Gasteiger partial charge in [-0.2, -0.15) is 13.2 Å². The van der Waals surface area contributed by atoms with Crippen LogP contribution in [0.2, 0.25) is 0 Å². The van der Waals surface area contributed by atoms with Crippen molar-refractivity contribution in [3.63, 3.8) is 0 Å². The number of esters is 2. The molecule has 2 aromatic rings. The Morgan fingerprint density at radius 1 is 0.935 bits per heavy atom. The maximum Gasteiger partial charge on any atom is 0.471 e. The van der Waals surface area contributed by atoms with Crippen molar-refractivity contribution >= 4 is 35.4 Å². The minimum atomic E-state index is -5.19. The summed E-state index contributed by atoms with van der Waals surface area (Å²) in [7, 11) is 4.86. The van der Waals surface area contributed by atoms with E-state index in [-0.39, 0.29) is 36.6 Å². The number of alkyl halides is 3. The Bertz CT molecular complexity index is 1450. The molecule has 1 fully saturated rings. The number of amides is 3. The van der Waals surface area contributed by atoms with Gasteiger partial charge in [0, 0.05) is 12.0 Å². The topological polar surface area (TPSA) is 171 Å². The quantitative estimate of drug-likeness (QED) is 0.131. The summed E-state index contributed by atoms with van der Waals surface area (Å²) < 4.78 is 57.7. The van der Waals surface area contributed by atoms with E-state index in [1.165, 1.54) is 50.5 Å². The summed E-state index contributed by atoms with van der Waals surface area (Å²) in [5, 5.41) is 7.87. The fourth-order valence-electron chi connectivity index (χ4n) is 4.31. The summed E-state index contributed by atoms with van der Waals surface area (Å²) in [6.45, 7) is -0.278. The maximum absolute atomic E-state index is 13.1. The molecular weight excluding hydrogens is 621 g/mol. The normalized spacial score (nSPS) is 15.9. The highest BCUT2D eigenvalue weighted by atomic mass is 19.4. The van der Waals surface area contributed by atoms with Crippen LogP contribution in [0.4, 0.5) is 13.2 Å². The number of ether oxygens (including phenoxy) is 4. The Hall–Kier alpha value is -5.35. The number of β-lactam (4-membered cyclic amide) rings is 1. The van der Waals surface area contributed by atoms with Crippen molar-refractivity contribution in [3.8, 4) is 11.5 Å². The average Bonchev–Trinajstić information content (AvgIpc) is 3.05. The fraction of sp³-hybridized carbons (Fsp3) is 0.379. The van der Waals surface area contributed by atoms with E-state index in [1.807, 2.05) is 0 Å². The molecule has 0 aromatic heterocycles. The molecule has 0 saturated carbocycles. The van der Waals surface area contributed by atoms with Crippen molar-refractivity contribution in [1.82, 2.24) is 15.5 Å². The molecule has 3 amide bonds. The minimum absolute atomic E-state index is 0.000593. The van der Waals surface area contributed by atoms with Crippen LogP contribution >= 0.6 is 0 Å². The lowest BCUT2D eigenvalue weighted by Crippen LogP contribution is -2.66. The van der Waals surface area contributed by atoms with E-state index in [0.717, 1.165) is 7.11 Å². The van der Waals surface area contributed by atoms with Crippen LogP contribution in [0, 0.1) is 0 Å². The number of hydrogen-bond donors (Lipinski definition) is 2. The van der Waals surface area contributed by atoms with Crippen LogP contribution in [0.25, 0.3) is 0 Å². The summed E-state index contributed by atoms with van der Waals surface area (Å²) in [5.74, 6) is -4.57. The van der Waals surface area contributed by atoms with Crippen LogP contribution in [0.1, 0.15) is 23.6 Å². The fourth-order valence-corrected chi connectivity index (χ4v) is 4.31. The van der Waals surface area contributed by atoms with Gasteiger partial charge in [-0.05, 0) is 42.0 Å². The molecule has 2 aromatic carbocycles. The zero-order valence-corrected chi connectivity index (χ0v) is 25.1. The first kappa shape index (κ1) is 35.1. The molecule has 0 bridgehead atoms. The Labute approximate surface area is 260 Å². The van der Waals surface area contributed by atoms with Gasteiger partial charge in [0.1, 0.15) is 30.7 Å². The molecule has 1 aliphatic rings. The Morgan fingerprint density at radius 2 is 1.54 bits per heavy atom. The summed E-state index contributed by atoms with van der Waals surface area (Å²) in [4.78, 5) is 67.7. The van der Waals surface area contributed by atoms with E-state index >= 15 is 0 Å². The zero-order valence-electron chi connectivity index (χ0n) is 25.1. The molecule has 0 radical (unpaired) electrons. The highest BCUT2D eigenvalue weighted by Gasteiger charge is 2.46. The van der Waals surface area contributed by atoms with Gasteiger partial charge in [-0.3, -0.25) is 14.4 Å². The molecule has 1 heterocycles. The summed E-state index contributed by atoms with van der Waals surface area (Å²) >= 11 is 0. The lowest BCUT2D eigenvalue weighted by Gasteiger charge is -2.42. The van der Waals surface area contributed by atoms with Gasteiger partial charge in [0.25, 0.3) is 5.91 Å². The molecule has 0 aliphatic carbocycles. The van der Waals surface area contributed by atoms with Crippen LogP contribution in [-0.4, -0.2) is 100 Å². The first-order valence-electron chi connectivity index (χ1n) is 13.5. The highest BCUT2D eigenvalue weighted by Crippen LogP contribution is 2.29. The van der Waals surface area contributed by atoms with Gasteiger partial charge in [0.2, 0.25) is 5.91 Å². The van der Waals surface area contributed by atoms with Crippen molar-refractivity contribution in [1.29, 1.82) is 0 Å². The number of halogens is 3. The lowest BCUT2D eigenvalue weighted by molar-refractivity contribution is -0.175. The van der Waals surface area contributed by atoms with Crippen molar-refractivity contribution in [2.45, 2.75) is 30.7 Å². The molecule has 46 heavy (non-hydrogen) atoms. The summed E-state index contributed by atoms with van der Waals surface area (Å²) in [6, 6.07) is 8.60. The number of rotatable bonds is 14. The van der Waals surface area contributed by atoms with Crippen molar-refractivity contribution in [2.75, 3.05) is 41.6 Å². The molecule has 3 rings (SSSR count). The monoisotopic (exact) mass is 652 g/mol. The Morgan fingerprint density at radius 3 is 2.07 bits per heavy atom. The molecule has 3 unspecified atom stereocenters. The molecule has 1 aliphatic heterocycles. The third kappa shape index (κ3) is 8.64. The molecule has 17 heteroatoms. The van der Waals surface area contributed by atoms with E-state index in [2.05, 4.69) is 15.2 Å².